The van der Waals surface area contributed by atoms with E-state index in [0.717, 1.165) is 38.9 Å². The number of hydrogen-bond donors (Lipinski definition) is 3. The largest absolute Gasteiger partial charge is 0.465 e. The summed E-state index contributed by atoms with van der Waals surface area (Å²) in [5.41, 5.74) is 0.277. The zero-order chi connectivity index (χ0) is 26.0. The number of benzene rings is 2. The van der Waals surface area contributed by atoms with E-state index < -0.39 is 47.2 Å². The molecule has 10 heteroatoms. The van der Waals surface area contributed by atoms with E-state index in [1.807, 2.05) is 18.2 Å². The Balaban J connectivity index is 1.64. The van der Waals surface area contributed by atoms with Crippen LogP contribution in [0, 0.1) is 11.6 Å². The average molecular weight is 494 g/mol. The summed E-state index contributed by atoms with van der Waals surface area (Å²) >= 11 is 0. The van der Waals surface area contributed by atoms with Crippen molar-refractivity contribution in [1.29, 1.82) is 0 Å². The van der Waals surface area contributed by atoms with Crippen molar-refractivity contribution in [3.8, 4) is 11.1 Å². The third kappa shape index (κ3) is 5.17. The van der Waals surface area contributed by atoms with Crippen LogP contribution in [0.15, 0.2) is 61.1 Å². The van der Waals surface area contributed by atoms with Gasteiger partial charge in [-0.25, -0.2) is 18.6 Å². The first-order chi connectivity index (χ1) is 17.0. The number of nitrogens with zero attached hydrogens (tertiary/aromatic N) is 3. The number of amides is 2. The number of pyridine rings is 1. The summed E-state index contributed by atoms with van der Waals surface area (Å²) in [5.74, 6) is -2.28. The van der Waals surface area contributed by atoms with E-state index in [1.54, 1.807) is 45.4 Å². The van der Waals surface area contributed by atoms with Gasteiger partial charge < -0.3 is 10.4 Å². The van der Waals surface area contributed by atoms with Gasteiger partial charge in [0.1, 0.15) is 17.5 Å². The van der Waals surface area contributed by atoms with Crippen molar-refractivity contribution >= 4 is 28.6 Å². The van der Waals surface area contributed by atoms with Gasteiger partial charge >= 0.3 is 6.09 Å². The predicted molar refractivity (Wildman–Crippen MR) is 131 cm³/mol. The zero-order valence-corrected chi connectivity index (χ0v) is 19.9. The molecule has 0 saturated carbocycles. The molecule has 0 spiro atoms. The molecule has 0 fully saturated rings. The van der Waals surface area contributed by atoms with Crippen LogP contribution in [0.4, 0.5) is 19.4 Å². The van der Waals surface area contributed by atoms with Gasteiger partial charge in [0.15, 0.2) is 0 Å². The highest BCUT2D eigenvalue weighted by Crippen LogP contribution is 2.34. The van der Waals surface area contributed by atoms with E-state index in [4.69, 9.17) is 0 Å². The van der Waals surface area contributed by atoms with Crippen molar-refractivity contribution in [2.45, 2.75) is 38.8 Å². The molecule has 2 heterocycles. The summed E-state index contributed by atoms with van der Waals surface area (Å²) in [6.07, 6.45) is 3.12. The Hall–Kier alpha value is -4.34. The maximum absolute atomic E-state index is 14.7. The van der Waals surface area contributed by atoms with Gasteiger partial charge in [0.25, 0.3) is 0 Å². The molecule has 0 saturated heterocycles. The Morgan fingerprint density at radius 3 is 2.39 bits per heavy atom. The van der Waals surface area contributed by atoms with E-state index >= 15 is 0 Å². The predicted octanol–water partition coefficient (Wildman–Crippen LogP) is 5.75. The van der Waals surface area contributed by atoms with Crippen molar-refractivity contribution in [2.75, 3.05) is 5.32 Å². The first kappa shape index (κ1) is 24.8. The van der Waals surface area contributed by atoms with Crippen molar-refractivity contribution in [2.24, 2.45) is 0 Å². The lowest BCUT2D eigenvalue weighted by molar-refractivity contribution is -0.117. The molecule has 1 unspecified atom stereocenters. The van der Waals surface area contributed by atoms with Gasteiger partial charge in [-0.3, -0.25) is 14.8 Å². The summed E-state index contributed by atoms with van der Waals surface area (Å²) in [6.45, 7) is 4.77. The second-order valence-corrected chi connectivity index (χ2v) is 9.35. The summed E-state index contributed by atoms with van der Waals surface area (Å²) in [4.78, 5) is 30.3. The smallest absolute Gasteiger partial charge is 0.408 e. The maximum atomic E-state index is 14.7. The quantitative estimate of drug-likeness (QED) is 0.317. The summed E-state index contributed by atoms with van der Waals surface area (Å²) in [6, 6.07) is 9.26. The Morgan fingerprint density at radius 2 is 1.78 bits per heavy atom. The number of carboxylic acid groups (broad SMARTS) is 1. The number of carbonyl (C=O) groups is 2. The number of rotatable bonds is 6. The van der Waals surface area contributed by atoms with E-state index in [2.05, 4.69) is 20.5 Å². The second-order valence-electron chi connectivity index (χ2n) is 9.35. The van der Waals surface area contributed by atoms with Crippen LogP contribution < -0.4 is 5.32 Å². The number of aromatic nitrogens is 3. The lowest BCUT2D eigenvalue weighted by atomic mass is 9.95. The van der Waals surface area contributed by atoms with E-state index in [1.165, 1.54) is 6.07 Å². The topological polar surface area (TPSA) is 111 Å². The number of halogens is 2. The Bertz CT molecular complexity index is 1400. The molecule has 3 N–H and O–H groups in total. The zero-order valence-electron chi connectivity index (χ0n) is 19.9. The molecule has 2 amide bonds. The number of hydrogen-bond acceptors (Lipinski definition) is 4. The van der Waals surface area contributed by atoms with Crippen LogP contribution in [0.3, 0.4) is 0 Å². The van der Waals surface area contributed by atoms with Gasteiger partial charge in [-0.05, 0) is 56.0 Å². The molecule has 1 atom stereocenters. The molecule has 2 aromatic heterocycles. The Labute approximate surface area is 206 Å². The number of carbonyl (C=O) groups excluding carboxylic acids is 1. The fourth-order valence-corrected chi connectivity index (χ4v) is 4.21. The van der Waals surface area contributed by atoms with Gasteiger partial charge in [-0.2, -0.15) is 5.10 Å². The summed E-state index contributed by atoms with van der Waals surface area (Å²) in [5, 5.41) is 20.9. The standard InChI is InChI=1S/C26H25F2N5O3/c1-26(2,3)33(25(35)36)21(24-19(27)5-4-6-20(24)28)11-23(34)32-22-10-17-9-15(18-13-30-31-14-18)7-8-16(17)12-29-22/h4-10,12-14,21H,11H2,1-3H3,(H,30,31)(H,35,36)(H,29,32,34). The number of fused-ring (bicyclic) bond motifs is 1. The summed E-state index contributed by atoms with van der Waals surface area (Å²) < 4.78 is 29.4. The van der Waals surface area contributed by atoms with Crippen molar-refractivity contribution < 1.29 is 23.5 Å². The van der Waals surface area contributed by atoms with Gasteiger partial charge in [-0.1, -0.05) is 18.2 Å². The van der Waals surface area contributed by atoms with E-state index in [-0.39, 0.29) is 5.82 Å². The molecule has 8 nitrogen and oxygen atoms in total. The number of aromatic amines is 1. The molecular formula is C26H25F2N5O3. The SMILES string of the molecule is CC(C)(C)N(C(=O)O)C(CC(=O)Nc1cc2cc(-c3cn[nH]c3)ccc2cn1)c1c(F)cccc1F. The van der Waals surface area contributed by atoms with Crippen LogP contribution in [0.25, 0.3) is 21.9 Å². The van der Waals surface area contributed by atoms with E-state index in [0.29, 0.717) is 0 Å². The molecule has 186 valence electrons. The van der Waals surface area contributed by atoms with Crippen LogP contribution in [0.2, 0.25) is 0 Å². The molecule has 0 aliphatic rings. The average Bonchev–Trinajstić information content (AvgIpc) is 3.32. The molecule has 0 aliphatic carbocycles. The Morgan fingerprint density at radius 1 is 1.06 bits per heavy atom. The van der Waals surface area contributed by atoms with E-state index in [9.17, 15) is 23.5 Å². The van der Waals surface area contributed by atoms with Gasteiger partial charge in [-0.15, -0.1) is 0 Å². The number of H-pyrrole nitrogens is 1. The first-order valence-electron chi connectivity index (χ1n) is 11.2. The highest BCUT2D eigenvalue weighted by molar-refractivity contribution is 5.94. The fourth-order valence-electron chi connectivity index (χ4n) is 4.21. The molecular weight excluding hydrogens is 468 g/mol. The van der Waals surface area contributed by atoms with Crippen LogP contribution in [-0.2, 0) is 4.79 Å². The highest BCUT2D eigenvalue weighted by atomic mass is 19.1. The molecule has 36 heavy (non-hydrogen) atoms. The molecule has 2 aromatic carbocycles. The minimum absolute atomic E-state index is 0.224. The normalized spacial score (nSPS) is 12.4. The molecule has 0 radical (unpaired) electrons. The molecule has 0 aliphatic heterocycles. The third-order valence-electron chi connectivity index (χ3n) is 5.77. The van der Waals surface area contributed by atoms with Crippen LogP contribution in [-0.4, -0.2) is 42.7 Å². The Kier molecular flexibility index (Phi) is 6.69. The van der Waals surface area contributed by atoms with Crippen LogP contribution in [0.1, 0.15) is 38.8 Å². The number of nitrogens with one attached hydrogen (secondary N) is 2. The minimum atomic E-state index is -1.41. The highest BCUT2D eigenvalue weighted by Gasteiger charge is 2.38. The monoisotopic (exact) mass is 493 g/mol. The second kappa shape index (κ2) is 9.73. The number of anilines is 1. The minimum Gasteiger partial charge on any atom is -0.465 e. The van der Waals surface area contributed by atoms with Crippen LogP contribution in [0.5, 0.6) is 0 Å². The van der Waals surface area contributed by atoms with Crippen molar-refractivity contribution in [3.63, 3.8) is 0 Å². The van der Waals surface area contributed by atoms with Crippen molar-refractivity contribution in [1.82, 2.24) is 20.1 Å². The molecule has 4 rings (SSSR count). The molecule has 4 aromatic rings. The summed E-state index contributed by atoms with van der Waals surface area (Å²) in [7, 11) is 0. The van der Waals surface area contributed by atoms with Gasteiger partial charge in [0, 0.05) is 34.4 Å². The fraction of sp³-hybridized carbons (Fsp3) is 0.231. The van der Waals surface area contributed by atoms with Crippen LogP contribution >= 0.6 is 0 Å². The molecule has 0 bridgehead atoms. The van der Waals surface area contributed by atoms with Gasteiger partial charge in [0.2, 0.25) is 5.91 Å². The van der Waals surface area contributed by atoms with Crippen molar-refractivity contribution in [3.05, 3.63) is 78.3 Å². The first-order valence-corrected chi connectivity index (χ1v) is 11.2. The lowest BCUT2D eigenvalue weighted by Crippen LogP contribution is -2.48. The van der Waals surface area contributed by atoms with Gasteiger partial charge in [0.05, 0.1) is 18.7 Å². The lowest BCUT2D eigenvalue weighted by Gasteiger charge is -2.39. The third-order valence-corrected chi connectivity index (χ3v) is 5.77. The maximum Gasteiger partial charge on any atom is 0.408 e.